The van der Waals surface area contributed by atoms with Crippen molar-refractivity contribution in [2.75, 3.05) is 39.3 Å². The largest absolute Gasteiger partial charge is 0.419 e. The van der Waals surface area contributed by atoms with Gasteiger partial charge in [-0.3, -0.25) is 0 Å². The summed E-state index contributed by atoms with van der Waals surface area (Å²) >= 11 is 0. The van der Waals surface area contributed by atoms with Crippen LogP contribution in [0, 0.1) is 17.5 Å². The number of nitrogens with one attached hydrogen (secondary N) is 4. The number of nitrogens with zero attached hydrogens (tertiary/aromatic N) is 6. The van der Waals surface area contributed by atoms with E-state index in [1.165, 1.54) is 18.2 Å². The highest BCUT2D eigenvalue weighted by Gasteiger charge is 2.39. The van der Waals surface area contributed by atoms with Crippen LogP contribution in [0.2, 0.25) is 0 Å². The molecule has 0 saturated carbocycles. The van der Waals surface area contributed by atoms with Crippen LogP contribution >= 0.6 is 0 Å². The Bertz CT molecular complexity index is 2660. The lowest BCUT2D eigenvalue weighted by atomic mass is 9.85. The molecule has 0 unspecified atom stereocenters. The van der Waals surface area contributed by atoms with Crippen LogP contribution in [-0.4, -0.2) is 79.5 Å². The Balaban J connectivity index is 1.13. The predicted octanol–water partition coefficient (Wildman–Crippen LogP) is 12.5. The van der Waals surface area contributed by atoms with Crippen LogP contribution in [0.25, 0.3) is 33.8 Å². The minimum Gasteiger partial charge on any atom is -0.334 e. The fourth-order valence-corrected chi connectivity index (χ4v) is 11.4. The first kappa shape index (κ1) is 56.0. The molecule has 10 nitrogen and oxygen atoms in total. The number of aromatic nitrogens is 6. The van der Waals surface area contributed by atoms with E-state index in [0.717, 1.165) is 36.4 Å². The van der Waals surface area contributed by atoms with E-state index in [1.807, 2.05) is 27.5 Å². The number of aryl methyl sites for hydroxylation is 3. The van der Waals surface area contributed by atoms with Gasteiger partial charge < -0.3 is 35.0 Å². The lowest BCUT2D eigenvalue weighted by Gasteiger charge is -2.39. The molecule has 3 aliphatic rings. The zero-order valence-corrected chi connectivity index (χ0v) is 42.7. The molecule has 0 atom stereocenters. The Morgan fingerprint density at radius 3 is 0.987 bits per heavy atom. The summed E-state index contributed by atoms with van der Waals surface area (Å²) in [6, 6.07) is 8.34. The van der Waals surface area contributed by atoms with Gasteiger partial charge in [0.15, 0.2) is 0 Å². The maximum Gasteiger partial charge on any atom is 0.419 e. The molecule has 0 spiro atoms. The topological polar surface area (TPSA) is 102 Å². The molecular formula is C55H62F12N10. The zero-order valence-electron chi connectivity index (χ0n) is 42.7. The Morgan fingerprint density at radius 2 is 0.740 bits per heavy atom. The van der Waals surface area contributed by atoms with Crippen molar-refractivity contribution in [3.8, 4) is 33.8 Å². The minimum atomic E-state index is -4.95. The van der Waals surface area contributed by atoms with E-state index in [9.17, 15) is 52.7 Å². The van der Waals surface area contributed by atoms with Crippen molar-refractivity contribution in [2.45, 2.75) is 139 Å². The summed E-state index contributed by atoms with van der Waals surface area (Å²) in [7, 11) is 0. The van der Waals surface area contributed by atoms with Crippen molar-refractivity contribution in [2.24, 2.45) is 0 Å². The van der Waals surface area contributed by atoms with Crippen LogP contribution in [0.5, 0.6) is 0 Å². The predicted molar refractivity (Wildman–Crippen MR) is 267 cm³/mol. The maximum absolute atomic E-state index is 14.6. The minimum absolute atomic E-state index is 0.0672. The van der Waals surface area contributed by atoms with Gasteiger partial charge >= 0.3 is 18.5 Å². The quantitative estimate of drug-likeness (QED) is 0.0675. The summed E-state index contributed by atoms with van der Waals surface area (Å²) in [6.07, 6.45) is -4.37. The Hall–Kier alpha value is -5.71. The summed E-state index contributed by atoms with van der Waals surface area (Å²) in [5, 5.41) is 13.9. The molecule has 6 heterocycles. The van der Waals surface area contributed by atoms with Crippen molar-refractivity contribution in [3.63, 3.8) is 0 Å². The number of piperidine rings is 3. The summed E-state index contributed by atoms with van der Waals surface area (Å²) in [5.74, 6) is -2.44. The van der Waals surface area contributed by atoms with Crippen molar-refractivity contribution in [1.82, 2.24) is 49.9 Å². The lowest BCUT2D eigenvalue weighted by molar-refractivity contribution is -0.140. The van der Waals surface area contributed by atoms with Gasteiger partial charge in [-0.15, -0.1) is 0 Å². The van der Waals surface area contributed by atoms with Gasteiger partial charge in [-0.2, -0.15) is 39.5 Å². The van der Waals surface area contributed by atoms with Gasteiger partial charge in [0.2, 0.25) is 0 Å². The summed E-state index contributed by atoms with van der Waals surface area (Å²) < 4.78 is 176. The van der Waals surface area contributed by atoms with Crippen LogP contribution in [0.15, 0.2) is 73.2 Å². The third kappa shape index (κ3) is 13.1. The van der Waals surface area contributed by atoms with Crippen molar-refractivity contribution < 1.29 is 52.7 Å². The van der Waals surface area contributed by atoms with Crippen LogP contribution in [0.3, 0.4) is 0 Å². The van der Waals surface area contributed by atoms with E-state index in [0.29, 0.717) is 134 Å². The molecular weight excluding hydrogens is 1030 g/mol. The third-order valence-electron chi connectivity index (χ3n) is 15.3. The summed E-state index contributed by atoms with van der Waals surface area (Å²) in [5.41, 5.74) is -4.06. The smallest absolute Gasteiger partial charge is 0.334 e. The van der Waals surface area contributed by atoms with Gasteiger partial charge in [-0.1, -0.05) is 13.8 Å². The molecule has 6 aromatic rings. The molecule has 0 amide bonds. The van der Waals surface area contributed by atoms with Gasteiger partial charge in [-0.05, 0) is 152 Å². The second kappa shape index (κ2) is 22.9. The molecule has 0 bridgehead atoms. The number of hydrogen-bond acceptors (Lipinski definition) is 7. The summed E-state index contributed by atoms with van der Waals surface area (Å²) in [4.78, 5) is 14.9. The third-order valence-corrected chi connectivity index (χ3v) is 15.3. The second-order valence-electron chi connectivity index (χ2n) is 21.0. The number of halogens is 12. The van der Waals surface area contributed by atoms with Crippen LogP contribution in [-0.2, 0) is 38.2 Å². The average Bonchev–Trinajstić information content (AvgIpc) is 4.16. The highest BCUT2D eigenvalue weighted by molar-refractivity contribution is 5.62. The van der Waals surface area contributed by atoms with Crippen molar-refractivity contribution in [1.29, 1.82) is 0 Å². The SMILES string of the molecule is CC(C)NC(CCn1cc(-c2ccc(F)c(C(F)(F)F)c2)nc1C1CCNCC1)(CCn1cc(-c2ccc(F)c(C(F)(F)F)c2)nc1C1CCNCC1)CCn1cc(-c2ccc(F)c(C(F)(F)F)c2)nc1C1CCNCC1. The molecule has 77 heavy (non-hydrogen) atoms. The van der Waals surface area contributed by atoms with Crippen molar-refractivity contribution >= 4 is 0 Å². The Labute approximate surface area is 438 Å². The van der Waals surface area contributed by atoms with E-state index in [4.69, 9.17) is 15.0 Å². The monoisotopic (exact) mass is 1090 g/mol. The highest BCUT2D eigenvalue weighted by atomic mass is 19.4. The molecule has 22 heteroatoms. The van der Waals surface area contributed by atoms with Crippen molar-refractivity contribution in [3.05, 3.63) is 125 Å². The normalized spacial score (nSPS) is 17.0. The first-order chi connectivity index (χ1) is 36.5. The molecule has 3 fully saturated rings. The Kier molecular flexibility index (Phi) is 16.7. The molecule has 416 valence electrons. The average molecular weight is 1090 g/mol. The van der Waals surface area contributed by atoms with Gasteiger partial charge in [-0.25, -0.2) is 28.1 Å². The molecule has 4 N–H and O–H groups in total. The number of alkyl halides is 9. The maximum atomic E-state index is 14.6. The number of rotatable bonds is 17. The number of benzene rings is 3. The highest BCUT2D eigenvalue weighted by Crippen LogP contribution is 2.40. The van der Waals surface area contributed by atoms with E-state index in [-0.39, 0.29) is 57.6 Å². The van der Waals surface area contributed by atoms with Gasteiger partial charge in [0.1, 0.15) is 34.9 Å². The molecule has 0 radical (unpaired) electrons. The summed E-state index contributed by atoms with van der Waals surface area (Å²) in [6.45, 7) is 8.99. The number of imidazole rings is 3. The van der Waals surface area contributed by atoms with Crippen LogP contribution in [0.4, 0.5) is 52.7 Å². The van der Waals surface area contributed by atoms with E-state index >= 15 is 0 Å². The molecule has 3 aliphatic heterocycles. The zero-order chi connectivity index (χ0) is 54.9. The molecule has 3 saturated heterocycles. The number of hydrogen-bond donors (Lipinski definition) is 4. The van der Waals surface area contributed by atoms with Gasteiger partial charge in [0, 0.05) is 84.2 Å². The van der Waals surface area contributed by atoms with Crippen LogP contribution in [0.1, 0.15) is 124 Å². The fourth-order valence-electron chi connectivity index (χ4n) is 11.4. The molecule has 0 aliphatic carbocycles. The van der Waals surface area contributed by atoms with Gasteiger partial charge in [0.25, 0.3) is 0 Å². The van der Waals surface area contributed by atoms with E-state index < -0.39 is 58.2 Å². The van der Waals surface area contributed by atoms with E-state index in [1.54, 1.807) is 18.6 Å². The van der Waals surface area contributed by atoms with Crippen LogP contribution < -0.4 is 21.3 Å². The van der Waals surface area contributed by atoms with E-state index in [2.05, 4.69) is 21.3 Å². The Morgan fingerprint density at radius 1 is 0.468 bits per heavy atom. The molecule has 3 aromatic carbocycles. The molecule has 9 rings (SSSR count). The standard InChI is InChI=1S/C55H62F12N10/c1-33(2)74-52(15-24-75-30-46(71-49(75)34-9-18-68-19-10-34)37-3-6-43(56)40(27-37)53(59,60)61,16-25-76-31-47(72-50(76)35-11-20-69-21-12-35)38-4-7-44(57)41(28-38)54(62,63)64)17-26-77-32-48(73-51(77)36-13-22-70-23-14-36)39-5-8-45(58)42(29-39)55(65,66)67/h3-8,27-36,68-70,74H,9-26H2,1-2H3. The van der Waals surface area contributed by atoms with Gasteiger partial charge in [0.05, 0.1) is 33.8 Å². The molecule has 3 aromatic heterocycles. The first-order valence-electron chi connectivity index (χ1n) is 26.3. The lowest BCUT2D eigenvalue weighted by Crippen LogP contribution is -2.50. The first-order valence-corrected chi connectivity index (χ1v) is 26.3. The second-order valence-corrected chi connectivity index (χ2v) is 21.0. The fraction of sp³-hybridized carbons (Fsp3) is 0.509.